The van der Waals surface area contributed by atoms with E-state index in [1.807, 2.05) is 4.90 Å². The van der Waals surface area contributed by atoms with Crippen molar-refractivity contribution in [1.82, 2.24) is 4.90 Å². The molecule has 1 spiro atoms. The zero-order chi connectivity index (χ0) is 12.6. The fourth-order valence-electron chi connectivity index (χ4n) is 2.42. The van der Waals surface area contributed by atoms with Gasteiger partial charge in [0.05, 0.1) is 22.4 Å². The third-order valence-corrected chi connectivity index (χ3v) is 4.63. The van der Waals surface area contributed by atoms with Gasteiger partial charge >= 0.3 is 0 Å². The summed E-state index contributed by atoms with van der Waals surface area (Å²) in [6.07, 6.45) is 1.50. The Morgan fingerprint density at radius 1 is 1.28 bits per heavy atom. The van der Waals surface area contributed by atoms with Gasteiger partial charge in [-0.3, -0.25) is 4.79 Å². The van der Waals surface area contributed by atoms with E-state index in [1.165, 1.54) is 11.3 Å². The maximum atomic E-state index is 12.2. The van der Waals surface area contributed by atoms with Gasteiger partial charge in [0.25, 0.3) is 5.91 Å². The molecule has 0 aromatic carbocycles. The molecule has 1 amide bonds. The first-order valence-corrected chi connectivity index (χ1v) is 7.21. The largest absolute Gasteiger partial charge is 0.347 e. The Bertz CT molecular complexity index is 446. The van der Waals surface area contributed by atoms with Gasteiger partial charge in [-0.05, 0) is 12.1 Å². The number of thiophene rings is 1. The van der Waals surface area contributed by atoms with E-state index in [9.17, 15) is 4.79 Å². The number of ether oxygens (including phenoxy) is 2. The monoisotopic (exact) mass is 287 g/mol. The summed E-state index contributed by atoms with van der Waals surface area (Å²) in [6.45, 7) is 2.67. The van der Waals surface area contributed by atoms with E-state index in [1.54, 1.807) is 12.1 Å². The van der Waals surface area contributed by atoms with Gasteiger partial charge in [0.15, 0.2) is 5.79 Å². The first kappa shape index (κ1) is 12.4. The molecule has 98 valence electrons. The van der Waals surface area contributed by atoms with Crippen molar-refractivity contribution >= 4 is 28.8 Å². The predicted molar refractivity (Wildman–Crippen MR) is 69.1 cm³/mol. The first-order chi connectivity index (χ1) is 8.69. The summed E-state index contributed by atoms with van der Waals surface area (Å²) in [5.41, 5.74) is 0. The van der Waals surface area contributed by atoms with E-state index in [2.05, 4.69) is 0 Å². The normalized spacial score (nSPS) is 22.6. The highest BCUT2D eigenvalue weighted by Gasteiger charge is 2.40. The van der Waals surface area contributed by atoms with Gasteiger partial charge in [0.2, 0.25) is 0 Å². The lowest BCUT2D eigenvalue weighted by Gasteiger charge is -2.37. The molecular weight excluding hydrogens is 274 g/mol. The molecule has 1 aromatic rings. The summed E-state index contributed by atoms with van der Waals surface area (Å²) in [5.74, 6) is -0.371. The van der Waals surface area contributed by atoms with Crippen LogP contribution in [0.15, 0.2) is 12.1 Å². The molecule has 0 N–H and O–H groups in total. The zero-order valence-electron chi connectivity index (χ0n) is 9.86. The second kappa shape index (κ2) is 4.81. The molecule has 2 saturated heterocycles. The summed E-state index contributed by atoms with van der Waals surface area (Å²) < 4.78 is 11.9. The maximum absolute atomic E-state index is 12.2. The molecule has 0 radical (unpaired) electrons. The van der Waals surface area contributed by atoms with Crippen LogP contribution in [0.5, 0.6) is 0 Å². The number of amides is 1. The summed E-state index contributed by atoms with van der Waals surface area (Å²) in [4.78, 5) is 14.8. The van der Waals surface area contributed by atoms with Crippen molar-refractivity contribution < 1.29 is 14.3 Å². The highest BCUT2D eigenvalue weighted by Crippen LogP contribution is 2.32. The Balaban J connectivity index is 1.64. The van der Waals surface area contributed by atoms with Crippen LogP contribution < -0.4 is 0 Å². The van der Waals surface area contributed by atoms with Crippen molar-refractivity contribution in [3.63, 3.8) is 0 Å². The second-order valence-corrected chi connectivity index (χ2v) is 6.22. The van der Waals surface area contributed by atoms with E-state index >= 15 is 0 Å². The fraction of sp³-hybridized carbons (Fsp3) is 0.583. The summed E-state index contributed by atoms with van der Waals surface area (Å²) in [5, 5.41) is 0. The van der Waals surface area contributed by atoms with Crippen molar-refractivity contribution in [2.75, 3.05) is 26.3 Å². The molecule has 2 aliphatic heterocycles. The Kier molecular flexibility index (Phi) is 3.32. The quantitative estimate of drug-likeness (QED) is 0.796. The number of carbonyl (C=O) groups excluding carboxylic acids is 1. The highest BCUT2D eigenvalue weighted by atomic mass is 35.5. The molecule has 6 heteroatoms. The number of hydrogen-bond donors (Lipinski definition) is 0. The number of rotatable bonds is 1. The van der Waals surface area contributed by atoms with Crippen LogP contribution in [0.25, 0.3) is 0 Å². The van der Waals surface area contributed by atoms with Gasteiger partial charge in [-0.15, -0.1) is 11.3 Å². The smallest absolute Gasteiger partial charge is 0.263 e. The lowest BCUT2D eigenvalue weighted by Crippen LogP contribution is -2.47. The molecule has 0 aliphatic carbocycles. The van der Waals surface area contributed by atoms with Gasteiger partial charge in [-0.25, -0.2) is 0 Å². The second-order valence-electron chi connectivity index (χ2n) is 4.50. The minimum absolute atomic E-state index is 0.0553. The SMILES string of the molecule is O=C(c1ccc(Cl)s1)N1CCC2(CC1)OCCO2. The van der Waals surface area contributed by atoms with Crippen LogP contribution in [0, 0.1) is 0 Å². The molecule has 3 heterocycles. The molecule has 2 fully saturated rings. The van der Waals surface area contributed by atoms with Crippen molar-refractivity contribution in [2.45, 2.75) is 18.6 Å². The summed E-state index contributed by atoms with van der Waals surface area (Å²) >= 11 is 7.17. The minimum Gasteiger partial charge on any atom is -0.347 e. The standard InChI is InChI=1S/C12H14ClNO3S/c13-10-2-1-9(18-10)11(15)14-5-3-12(4-6-14)16-7-8-17-12/h1-2H,3-8H2. The molecule has 0 atom stereocenters. The topological polar surface area (TPSA) is 38.8 Å². The molecule has 4 nitrogen and oxygen atoms in total. The Morgan fingerprint density at radius 3 is 2.50 bits per heavy atom. The molecular formula is C12H14ClNO3S. The lowest BCUT2D eigenvalue weighted by atomic mass is 10.0. The number of hydrogen-bond acceptors (Lipinski definition) is 4. The van der Waals surface area contributed by atoms with E-state index in [0.717, 1.165) is 12.8 Å². The number of nitrogens with zero attached hydrogens (tertiary/aromatic N) is 1. The van der Waals surface area contributed by atoms with Gasteiger partial charge < -0.3 is 14.4 Å². The van der Waals surface area contributed by atoms with E-state index in [0.29, 0.717) is 35.5 Å². The van der Waals surface area contributed by atoms with E-state index in [4.69, 9.17) is 21.1 Å². The van der Waals surface area contributed by atoms with Crippen LogP contribution >= 0.6 is 22.9 Å². The lowest BCUT2D eigenvalue weighted by molar-refractivity contribution is -0.181. The number of carbonyl (C=O) groups is 1. The van der Waals surface area contributed by atoms with E-state index in [-0.39, 0.29) is 5.91 Å². The van der Waals surface area contributed by atoms with Crippen LogP contribution in [0.1, 0.15) is 22.5 Å². The Labute approximate surface area is 114 Å². The van der Waals surface area contributed by atoms with Crippen molar-refractivity contribution in [2.24, 2.45) is 0 Å². The zero-order valence-corrected chi connectivity index (χ0v) is 11.4. The van der Waals surface area contributed by atoms with Gasteiger partial charge in [-0.1, -0.05) is 11.6 Å². The van der Waals surface area contributed by atoms with Crippen LogP contribution in [0.4, 0.5) is 0 Å². The number of likely N-dealkylation sites (tertiary alicyclic amines) is 1. The Hall–Kier alpha value is -0.620. The van der Waals surface area contributed by atoms with Crippen molar-refractivity contribution in [1.29, 1.82) is 0 Å². The molecule has 0 saturated carbocycles. The van der Waals surface area contributed by atoms with Gasteiger partial charge in [0.1, 0.15) is 0 Å². The van der Waals surface area contributed by atoms with Crippen LogP contribution in [0.2, 0.25) is 4.34 Å². The molecule has 2 aliphatic rings. The molecule has 1 aromatic heterocycles. The number of piperidine rings is 1. The fourth-order valence-corrected chi connectivity index (χ4v) is 3.43. The number of halogens is 1. The maximum Gasteiger partial charge on any atom is 0.263 e. The van der Waals surface area contributed by atoms with Crippen LogP contribution in [0.3, 0.4) is 0 Å². The molecule has 0 unspecified atom stereocenters. The van der Waals surface area contributed by atoms with Crippen LogP contribution in [-0.2, 0) is 9.47 Å². The Morgan fingerprint density at radius 2 is 1.94 bits per heavy atom. The molecule has 18 heavy (non-hydrogen) atoms. The van der Waals surface area contributed by atoms with Crippen molar-refractivity contribution in [3.8, 4) is 0 Å². The van der Waals surface area contributed by atoms with E-state index < -0.39 is 5.79 Å². The molecule has 3 rings (SSSR count). The average Bonchev–Trinajstić information content (AvgIpc) is 3.00. The average molecular weight is 288 g/mol. The van der Waals surface area contributed by atoms with Crippen molar-refractivity contribution in [3.05, 3.63) is 21.3 Å². The molecule has 0 bridgehead atoms. The third-order valence-electron chi connectivity index (χ3n) is 3.41. The van der Waals surface area contributed by atoms with Gasteiger partial charge in [-0.2, -0.15) is 0 Å². The van der Waals surface area contributed by atoms with Crippen LogP contribution in [-0.4, -0.2) is 42.9 Å². The van der Waals surface area contributed by atoms with Gasteiger partial charge in [0, 0.05) is 25.9 Å². The highest BCUT2D eigenvalue weighted by molar-refractivity contribution is 7.17. The minimum atomic E-state index is -0.427. The summed E-state index contributed by atoms with van der Waals surface area (Å²) in [7, 11) is 0. The predicted octanol–water partition coefficient (Wildman–Crippen LogP) is 2.38. The third kappa shape index (κ3) is 2.28. The summed E-state index contributed by atoms with van der Waals surface area (Å²) in [6, 6.07) is 3.54. The first-order valence-electron chi connectivity index (χ1n) is 6.01.